The van der Waals surface area contributed by atoms with Crippen LogP contribution in [0.4, 0.5) is 4.79 Å². The van der Waals surface area contributed by atoms with Crippen LogP contribution in [0.5, 0.6) is 11.5 Å². The Balaban J connectivity index is 1.49. The lowest BCUT2D eigenvalue weighted by molar-refractivity contribution is 0.135. The topological polar surface area (TPSA) is 54.0 Å². The molecular formula is C21H27N3O3. The van der Waals surface area contributed by atoms with E-state index in [1.807, 2.05) is 29.2 Å². The predicted molar refractivity (Wildman–Crippen MR) is 105 cm³/mol. The van der Waals surface area contributed by atoms with Gasteiger partial charge in [-0.1, -0.05) is 42.5 Å². The van der Waals surface area contributed by atoms with Gasteiger partial charge in [-0.05, 0) is 11.6 Å². The minimum absolute atomic E-state index is 0.0424. The van der Waals surface area contributed by atoms with E-state index >= 15 is 0 Å². The molecule has 144 valence electrons. The molecule has 0 saturated carbocycles. The quantitative estimate of drug-likeness (QED) is 0.851. The van der Waals surface area contributed by atoms with Crippen LogP contribution in [-0.4, -0.2) is 56.2 Å². The van der Waals surface area contributed by atoms with Gasteiger partial charge in [-0.3, -0.25) is 4.90 Å². The van der Waals surface area contributed by atoms with E-state index in [0.717, 1.165) is 38.3 Å². The number of carbonyl (C=O) groups excluding carboxylic acids is 1. The number of nitrogens with zero attached hydrogens (tertiary/aromatic N) is 2. The molecule has 3 rings (SSSR count). The van der Waals surface area contributed by atoms with Crippen LogP contribution in [0, 0.1) is 0 Å². The first kappa shape index (κ1) is 19.0. The molecule has 1 aliphatic heterocycles. The maximum Gasteiger partial charge on any atom is 0.317 e. The van der Waals surface area contributed by atoms with Crippen molar-refractivity contribution in [2.75, 3.05) is 40.4 Å². The first-order valence-corrected chi connectivity index (χ1v) is 9.20. The van der Waals surface area contributed by atoms with E-state index in [4.69, 9.17) is 9.47 Å². The summed E-state index contributed by atoms with van der Waals surface area (Å²) in [7, 11) is 3.21. The van der Waals surface area contributed by atoms with Crippen LogP contribution < -0.4 is 14.8 Å². The number of carbonyl (C=O) groups is 1. The molecule has 1 N–H and O–H groups in total. The van der Waals surface area contributed by atoms with Crippen molar-refractivity contribution in [3.63, 3.8) is 0 Å². The third-order valence-corrected chi connectivity index (χ3v) is 4.82. The van der Waals surface area contributed by atoms with Crippen LogP contribution in [0.2, 0.25) is 0 Å². The molecule has 6 heteroatoms. The summed E-state index contributed by atoms with van der Waals surface area (Å²) in [5, 5.41) is 2.99. The van der Waals surface area contributed by atoms with Gasteiger partial charge in [-0.15, -0.1) is 0 Å². The van der Waals surface area contributed by atoms with Gasteiger partial charge in [-0.2, -0.15) is 0 Å². The number of rotatable bonds is 6. The van der Waals surface area contributed by atoms with E-state index in [1.165, 1.54) is 5.56 Å². The van der Waals surface area contributed by atoms with E-state index in [1.54, 1.807) is 14.2 Å². The fourth-order valence-electron chi connectivity index (χ4n) is 3.33. The van der Waals surface area contributed by atoms with E-state index < -0.39 is 0 Å². The molecular weight excluding hydrogens is 342 g/mol. The smallest absolute Gasteiger partial charge is 0.317 e. The lowest BCUT2D eigenvalue weighted by Crippen LogP contribution is -2.51. The minimum Gasteiger partial charge on any atom is -0.493 e. The molecule has 27 heavy (non-hydrogen) atoms. The van der Waals surface area contributed by atoms with Crippen LogP contribution in [0.1, 0.15) is 11.1 Å². The Hall–Kier alpha value is -2.73. The molecule has 0 atom stereocenters. The third kappa shape index (κ3) is 4.92. The Morgan fingerprint density at radius 2 is 1.70 bits per heavy atom. The SMILES string of the molecule is COc1cccc(CNC(=O)N2CCN(Cc3ccccc3)CC2)c1OC. The van der Waals surface area contributed by atoms with Crippen LogP contribution >= 0.6 is 0 Å². The van der Waals surface area contributed by atoms with Gasteiger partial charge in [0.15, 0.2) is 11.5 Å². The molecule has 1 aliphatic rings. The van der Waals surface area contributed by atoms with Gasteiger partial charge in [0.05, 0.1) is 14.2 Å². The van der Waals surface area contributed by atoms with Crippen LogP contribution in [0.3, 0.4) is 0 Å². The molecule has 0 aromatic heterocycles. The highest BCUT2D eigenvalue weighted by atomic mass is 16.5. The lowest BCUT2D eigenvalue weighted by atomic mass is 10.2. The van der Waals surface area contributed by atoms with Crippen molar-refractivity contribution in [2.24, 2.45) is 0 Å². The number of para-hydroxylation sites is 1. The molecule has 2 aromatic rings. The van der Waals surface area contributed by atoms with Crippen molar-refractivity contribution < 1.29 is 14.3 Å². The van der Waals surface area contributed by atoms with Crippen LogP contribution in [0.25, 0.3) is 0 Å². The molecule has 1 heterocycles. The van der Waals surface area contributed by atoms with Crippen molar-refractivity contribution in [1.82, 2.24) is 15.1 Å². The number of methoxy groups -OCH3 is 2. The van der Waals surface area contributed by atoms with Gasteiger partial charge >= 0.3 is 6.03 Å². The monoisotopic (exact) mass is 369 g/mol. The van der Waals surface area contributed by atoms with Gasteiger partial charge in [-0.25, -0.2) is 4.79 Å². The zero-order valence-electron chi connectivity index (χ0n) is 16.0. The summed E-state index contributed by atoms with van der Waals surface area (Å²) in [5.41, 5.74) is 2.20. The van der Waals surface area contributed by atoms with Crippen molar-refractivity contribution in [1.29, 1.82) is 0 Å². The Bertz CT molecular complexity index is 744. The number of benzene rings is 2. The second-order valence-electron chi connectivity index (χ2n) is 6.56. The molecule has 0 aliphatic carbocycles. The zero-order valence-corrected chi connectivity index (χ0v) is 16.0. The number of nitrogens with one attached hydrogen (secondary N) is 1. The fourth-order valence-corrected chi connectivity index (χ4v) is 3.33. The molecule has 2 aromatic carbocycles. The first-order chi connectivity index (χ1) is 13.2. The molecule has 1 fully saturated rings. The minimum atomic E-state index is -0.0424. The highest BCUT2D eigenvalue weighted by molar-refractivity contribution is 5.74. The molecule has 2 amide bonds. The second kappa shape index (κ2) is 9.28. The van der Waals surface area contributed by atoms with Crippen molar-refractivity contribution in [3.8, 4) is 11.5 Å². The van der Waals surface area contributed by atoms with E-state index in [0.29, 0.717) is 18.0 Å². The van der Waals surface area contributed by atoms with Crippen LogP contribution in [-0.2, 0) is 13.1 Å². The molecule has 1 saturated heterocycles. The summed E-state index contributed by atoms with van der Waals surface area (Å²) in [6, 6.07) is 16.1. The second-order valence-corrected chi connectivity index (χ2v) is 6.56. The van der Waals surface area contributed by atoms with Gasteiger partial charge in [0.2, 0.25) is 0 Å². The standard InChI is InChI=1S/C21H27N3O3/c1-26-19-10-6-9-18(20(19)27-2)15-22-21(25)24-13-11-23(12-14-24)16-17-7-4-3-5-8-17/h3-10H,11-16H2,1-2H3,(H,22,25). The maximum atomic E-state index is 12.5. The summed E-state index contributed by atoms with van der Waals surface area (Å²) in [6.07, 6.45) is 0. The van der Waals surface area contributed by atoms with Gasteiger partial charge in [0.1, 0.15) is 0 Å². The fraction of sp³-hybridized carbons (Fsp3) is 0.381. The first-order valence-electron chi connectivity index (χ1n) is 9.20. The van der Waals surface area contributed by atoms with Crippen LogP contribution in [0.15, 0.2) is 48.5 Å². The lowest BCUT2D eigenvalue weighted by Gasteiger charge is -2.34. The Kier molecular flexibility index (Phi) is 6.54. The maximum absolute atomic E-state index is 12.5. The number of ether oxygens (including phenoxy) is 2. The molecule has 6 nitrogen and oxygen atoms in total. The molecule has 0 radical (unpaired) electrons. The predicted octanol–water partition coefficient (Wildman–Crippen LogP) is 2.73. The van der Waals surface area contributed by atoms with Crippen molar-refractivity contribution >= 4 is 6.03 Å². The summed E-state index contributed by atoms with van der Waals surface area (Å²) >= 11 is 0. The number of urea groups is 1. The number of piperazine rings is 1. The summed E-state index contributed by atoms with van der Waals surface area (Å²) in [6.45, 7) is 4.55. The Morgan fingerprint density at radius 3 is 2.37 bits per heavy atom. The molecule has 0 unspecified atom stereocenters. The van der Waals surface area contributed by atoms with E-state index in [-0.39, 0.29) is 6.03 Å². The zero-order chi connectivity index (χ0) is 19.1. The van der Waals surface area contributed by atoms with Crippen molar-refractivity contribution in [2.45, 2.75) is 13.1 Å². The highest BCUT2D eigenvalue weighted by Gasteiger charge is 2.21. The number of amides is 2. The van der Waals surface area contributed by atoms with E-state index in [2.05, 4.69) is 34.5 Å². The Morgan fingerprint density at radius 1 is 0.963 bits per heavy atom. The average molecular weight is 369 g/mol. The normalized spacial score (nSPS) is 14.7. The van der Waals surface area contributed by atoms with Gasteiger partial charge in [0.25, 0.3) is 0 Å². The number of hydrogen-bond acceptors (Lipinski definition) is 4. The summed E-state index contributed by atoms with van der Waals surface area (Å²) < 4.78 is 10.7. The Labute approximate surface area is 160 Å². The van der Waals surface area contributed by atoms with Gasteiger partial charge in [0, 0.05) is 44.8 Å². The van der Waals surface area contributed by atoms with Gasteiger partial charge < -0.3 is 19.7 Å². The largest absolute Gasteiger partial charge is 0.493 e. The third-order valence-electron chi connectivity index (χ3n) is 4.82. The van der Waals surface area contributed by atoms with Crippen molar-refractivity contribution in [3.05, 3.63) is 59.7 Å². The van der Waals surface area contributed by atoms with E-state index in [9.17, 15) is 4.79 Å². The highest BCUT2D eigenvalue weighted by Crippen LogP contribution is 2.30. The summed E-state index contributed by atoms with van der Waals surface area (Å²) in [4.78, 5) is 16.8. The number of hydrogen-bond donors (Lipinski definition) is 1. The summed E-state index contributed by atoms with van der Waals surface area (Å²) in [5.74, 6) is 1.33. The molecule has 0 bridgehead atoms. The average Bonchev–Trinajstić information content (AvgIpc) is 2.72. The molecule has 0 spiro atoms.